The molecule has 12 heteroatoms. The summed E-state index contributed by atoms with van der Waals surface area (Å²) in [4.78, 5) is 51.2. The van der Waals surface area contributed by atoms with Gasteiger partial charge in [0.25, 0.3) is 0 Å². The summed E-state index contributed by atoms with van der Waals surface area (Å²) in [6.07, 6.45) is 54.3. The minimum atomic E-state index is -1.92. The molecule has 442 valence electrons. The number of hydrogen-bond donors (Lipinski definition) is 3. The number of allylic oxidation sites excluding steroid dienone is 12. The van der Waals surface area contributed by atoms with Crippen molar-refractivity contribution in [1.82, 2.24) is 0 Å². The predicted octanol–water partition coefficient (Wildman–Crippen LogP) is 16.1. The molecular formula is C65H110O12. The van der Waals surface area contributed by atoms with Crippen LogP contribution in [0.2, 0.25) is 0 Å². The fraction of sp³-hybridized carbons (Fsp3) is 0.754. The Bertz CT molecular complexity index is 1620. The number of carboxylic acid groups (broad SMARTS) is 1. The molecule has 1 aliphatic heterocycles. The quantitative estimate of drug-likeness (QED) is 0.0228. The number of ether oxygens (including phenoxy) is 5. The van der Waals surface area contributed by atoms with Crippen LogP contribution in [0.3, 0.4) is 0 Å². The Labute approximate surface area is 468 Å². The van der Waals surface area contributed by atoms with E-state index in [1.165, 1.54) is 77.0 Å². The van der Waals surface area contributed by atoms with E-state index >= 15 is 0 Å². The van der Waals surface area contributed by atoms with Crippen molar-refractivity contribution >= 4 is 23.9 Å². The molecule has 0 bridgehead atoms. The molecule has 12 nitrogen and oxygen atoms in total. The SMILES string of the molecule is CC/C=C\C/C=C\C/C=C\C/C=C\CCCCCCC(=O)OC1C(OCC(COC(=O)CCCCCCC/C=C\CCCCCCCC)OC(=O)CCCCCCC/C=C\CCCCCCCC)OC(C(=O)O)C(O)C1O. The van der Waals surface area contributed by atoms with Crippen LogP contribution in [-0.2, 0) is 42.9 Å². The maximum atomic E-state index is 13.2. The van der Waals surface area contributed by atoms with Crippen LogP contribution in [0.25, 0.3) is 0 Å². The molecule has 1 fully saturated rings. The second-order valence-electron chi connectivity index (χ2n) is 20.9. The summed E-state index contributed by atoms with van der Waals surface area (Å²) in [6.45, 7) is 5.86. The van der Waals surface area contributed by atoms with Gasteiger partial charge in [0.15, 0.2) is 24.6 Å². The summed E-state index contributed by atoms with van der Waals surface area (Å²) >= 11 is 0. The van der Waals surface area contributed by atoms with Gasteiger partial charge in [0.2, 0.25) is 0 Å². The molecule has 0 amide bonds. The van der Waals surface area contributed by atoms with E-state index in [0.29, 0.717) is 19.3 Å². The first-order valence-electron chi connectivity index (χ1n) is 30.9. The first kappa shape index (κ1) is 71.2. The van der Waals surface area contributed by atoms with E-state index in [0.717, 1.165) is 128 Å². The molecule has 0 spiro atoms. The molecule has 0 aromatic carbocycles. The molecule has 1 aliphatic rings. The van der Waals surface area contributed by atoms with Gasteiger partial charge in [-0.25, -0.2) is 4.79 Å². The molecular weight excluding hydrogens is 973 g/mol. The highest BCUT2D eigenvalue weighted by atomic mass is 16.7. The zero-order valence-electron chi connectivity index (χ0n) is 48.7. The minimum absolute atomic E-state index is 0.0294. The van der Waals surface area contributed by atoms with Crippen LogP contribution in [0.5, 0.6) is 0 Å². The lowest BCUT2D eigenvalue weighted by Crippen LogP contribution is -2.61. The Kier molecular flexibility index (Phi) is 48.8. The Morgan fingerprint density at radius 3 is 1.26 bits per heavy atom. The molecule has 1 rings (SSSR count). The van der Waals surface area contributed by atoms with E-state index in [9.17, 15) is 34.5 Å². The van der Waals surface area contributed by atoms with Crippen LogP contribution >= 0.6 is 0 Å². The number of aliphatic hydroxyl groups excluding tert-OH is 2. The molecule has 0 aromatic heterocycles. The summed E-state index contributed by atoms with van der Waals surface area (Å²) in [5.41, 5.74) is 0. The standard InChI is InChI=1S/C65H110O12/c1-4-7-10-13-16-19-22-25-28-29-32-35-38-41-44-47-50-53-59(68)76-63-61(70)60(69)62(64(71)72)77-65(63)74-55-56(75-58(67)52-49-46-43-40-37-34-31-27-24-21-18-15-12-9-6-3)54-73-57(66)51-48-45-42-39-36-33-30-26-23-20-17-14-11-8-5-2/h7,10,16,19,25-28,30-32,35,56,60-63,65,69-70H,4-6,8-9,11-15,17-18,20-24,29,33-34,36-55H2,1-3H3,(H,71,72)/b10-7-,19-16-,28-25-,30-26-,31-27-,35-32-. The van der Waals surface area contributed by atoms with Crippen molar-refractivity contribution < 1.29 is 58.2 Å². The molecule has 1 saturated heterocycles. The van der Waals surface area contributed by atoms with E-state index in [1.54, 1.807) is 0 Å². The zero-order chi connectivity index (χ0) is 56.1. The lowest BCUT2D eigenvalue weighted by Gasteiger charge is -2.40. The van der Waals surface area contributed by atoms with Crippen LogP contribution in [0.15, 0.2) is 72.9 Å². The van der Waals surface area contributed by atoms with E-state index in [2.05, 4.69) is 93.7 Å². The largest absolute Gasteiger partial charge is 0.479 e. The Morgan fingerprint density at radius 1 is 0.442 bits per heavy atom. The molecule has 0 aromatic rings. The third-order valence-electron chi connectivity index (χ3n) is 13.7. The number of hydrogen-bond acceptors (Lipinski definition) is 11. The molecule has 6 unspecified atom stereocenters. The van der Waals surface area contributed by atoms with Crippen molar-refractivity contribution in [2.45, 2.75) is 302 Å². The average Bonchev–Trinajstić information content (AvgIpc) is 3.43. The Balaban J connectivity index is 2.71. The van der Waals surface area contributed by atoms with Crippen molar-refractivity contribution in [1.29, 1.82) is 0 Å². The molecule has 1 heterocycles. The second-order valence-corrected chi connectivity index (χ2v) is 20.9. The monoisotopic (exact) mass is 1080 g/mol. The highest BCUT2D eigenvalue weighted by Crippen LogP contribution is 2.26. The van der Waals surface area contributed by atoms with Gasteiger partial charge in [-0.1, -0.05) is 209 Å². The van der Waals surface area contributed by atoms with E-state index in [1.807, 2.05) is 0 Å². The fourth-order valence-electron chi connectivity index (χ4n) is 9.00. The zero-order valence-corrected chi connectivity index (χ0v) is 48.7. The number of rotatable bonds is 52. The van der Waals surface area contributed by atoms with E-state index in [4.69, 9.17) is 23.7 Å². The van der Waals surface area contributed by atoms with E-state index < -0.39 is 67.3 Å². The van der Waals surface area contributed by atoms with Gasteiger partial charge in [-0.15, -0.1) is 0 Å². The van der Waals surface area contributed by atoms with Crippen LogP contribution in [-0.4, -0.2) is 89.2 Å². The van der Waals surface area contributed by atoms with Gasteiger partial charge in [0.05, 0.1) is 6.61 Å². The minimum Gasteiger partial charge on any atom is -0.479 e. The van der Waals surface area contributed by atoms with Gasteiger partial charge in [-0.3, -0.25) is 14.4 Å². The third-order valence-corrected chi connectivity index (χ3v) is 13.7. The maximum absolute atomic E-state index is 13.2. The van der Waals surface area contributed by atoms with Crippen LogP contribution < -0.4 is 0 Å². The van der Waals surface area contributed by atoms with Crippen molar-refractivity contribution in [3.05, 3.63) is 72.9 Å². The van der Waals surface area contributed by atoms with Gasteiger partial charge in [0.1, 0.15) is 18.8 Å². The third kappa shape index (κ3) is 42.7. The van der Waals surface area contributed by atoms with Gasteiger partial charge in [0, 0.05) is 19.3 Å². The van der Waals surface area contributed by atoms with E-state index in [-0.39, 0.29) is 25.9 Å². The average molecular weight is 1080 g/mol. The first-order chi connectivity index (χ1) is 37.6. The summed E-state index contributed by atoms with van der Waals surface area (Å²) in [5, 5.41) is 31.5. The highest BCUT2D eigenvalue weighted by Gasteiger charge is 2.50. The molecule has 0 aliphatic carbocycles. The summed E-state index contributed by atoms with van der Waals surface area (Å²) in [6, 6.07) is 0. The number of carbonyl (C=O) groups excluding carboxylic acids is 3. The lowest BCUT2D eigenvalue weighted by molar-refractivity contribution is -0.301. The molecule has 3 N–H and O–H groups in total. The molecule has 77 heavy (non-hydrogen) atoms. The number of unbranched alkanes of at least 4 members (excludes halogenated alkanes) is 26. The Morgan fingerprint density at radius 2 is 0.818 bits per heavy atom. The number of carboxylic acids is 1. The van der Waals surface area contributed by atoms with Gasteiger partial charge < -0.3 is 39.0 Å². The van der Waals surface area contributed by atoms with Gasteiger partial charge in [-0.2, -0.15) is 0 Å². The second kappa shape index (κ2) is 52.8. The summed E-state index contributed by atoms with van der Waals surface area (Å²) in [5.74, 6) is -3.17. The number of aliphatic hydroxyl groups is 2. The van der Waals surface area contributed by atoms with Crippen molar-refractivity contribution in [3.63, 3.8) is 0 Å². The normalized spacial score (nSPS) is 18.5. The number of carbonyl (C=O) groups is 4. The van der Waals surface area contributed by atoms with Crippen molar-refractivity contribution in [2.24, 2.45) is 0 Å². The highest BCUT2D eigenvalue weighted by molar-refractivity contribution is 5.74. The lowest BCUT2D eigenvalue weighted by atomic mass is 9.98. The maximum Gasteiger partial charge on any atom is 0.335 e. The smallest absolute Gasteiger partial charge is 0.335 e. The van der Waals surface area contributed by atoms with Crippen molar-refractivity contribution in [3.8, 4) is 0 Å². The first-order valence-corrected chi connectivity index (χ1v) is 30.9. The molecule has 6 atom stereocenters. The number of esters is 3. The summed E-state index contributed by atoms with van der Waals surface area (Å²) in [7, 11) is 0. The topological polar surface area (TPSA) is 175 Å². The molecule has 0 saturated carbocycles. The van der Waals surface area contributed by atoms with Crippen molar-refractivity contribution in [2.75, 3.05) is 13.2 Å². The summed E-state index contributed by atoms with van der Waals surface area (Å²) < 4.78 is 28.4. The van der Waals surface area contributed by atoms with Crippen LogP contribution in [0.4, 0.5) is 0 Å². The molecule has 0 radical (unpaired) electrons. The van der Waals surface area contributed by atoms with Gasteiger partial charge in [-0.05, 0) is 109 Å². The van der Waals surface area contributed by atoms with Crippen LogP contribution in [0.1, 0.15) is 265 Å². The number of aliphatic carboxylic acids is 1. The predicted molar refractivity (Wildman–Crippen MR) is 312 cm³/mol. The van der Waals surface area contributed by atoms with Crippen LogP contribution in [0, 0.1) is 0 Å². The fourth-order valence-corrected chi connectivity index (χ4v) is 9.00. The Hall–Kier alpha value is -3.84. The van der Waals surface area contributed by atoms with Gasteiger partial charge >= 0.3 is 23.9 Å².